The Morgan fingerprint density at radius 1 is 1.09 bits per heavy atom. The number of anilines is 2. The molecular formula is C23H19N4NaO4. The summed E-state index contributed by atoms with van der Waals surface area (Å²) >= 11 is 0. The molecule has 1 amide bonds. The van der Waals surface area contributed by atoms with Crippen molar-refractivity contribution in [3.63, 3.8) is 0 Å². The number of nitrogens with two attached hydrogens (primary N) is 1. The van der Waals surface area contributed by atoms with Gasteiger partial charge in [-0.3, -0.25) is 9.59 Å². The molecule has 0 aliphatic rings. The number of hydrogen-bond donors (Lipinski definition) is 3. The zero-order valence-corrected chi connectivity index (χ0v) is 19.5. The Hall–Kier alpha value is -3.38. The van der Waals surface area contributed by atoms with E-state index >= 15 is 0 Å². The normalized spacial score (nSPS) is 9.97. The molecule has 32 heavy (non-hydrogen) atoms. The van der Waals surface area contributed by atoms with Crippen LogP contribution in [0.1, 0.15) is 24.8 Å². The van der Waals surface area contributed by atoms with Crippen LogP contribution in [0.3, 0.4) is 0 Å². The molecule has 0 bridgehead atoms. The van der Waals surface area contributed by atoms with Gasteiger partial charge in [-0.2, -0.15) is 5.26 Å². The van der Waals surface area contributed by atoms with Crippen LogP contribution in [0.5, 0.6) is 5.75 Å². The van der Waals surface area contributed by atoms with Crippen LogP contribution in [-0.2, 0) is 9.59 Å². The molecule has 3 rings (SSSR count). The minimum atomic E-state index is -0.954. The van der Waals surface area contributed by atoms with Crippen LogP contribution >= 0.6 is 0 Å². The van der Waals surface area contributed by atoms with Crippen LogP contribution in [0.25, 0.3) is 22.4 Å². The maximum Gasteiger partial charge on any atom is 1.00 e. The van der Waals surface area contributed by atoms with E-state index in [-0.39, 0.29) is 71.9 Å². The van der Waals surface area contributed by atoms with Gasteiger partial charge in [-0.15, -0.1) is 0 Å². The first-order valence-corrected chi connectivity index (χ1v) is 9.48. The van der Waals surface area contributed by atoms with Crippen LogP contribution < -0.4 is 45.7 Å². The number of carboxylic acids is 1. The summed E-state index contributed by atoms with van der Waals surface area (Å²) < 4.78 is 0. The second-order valence-corrected chi connectivity index (χ2v) is 6.80. The molecule has 0 unspecified atom stereocenters. The van der Waals surface area contributed by atoms with Gasteiger partial charge in [-0.25, -0.2) is 4.98 Å². The molecular weight excluding hydrogens is 419 g/mol. The smallest absolute Gasteiger partial charge is 0.872 e. The average molecular weight is 438 g/mol. The fraction of sp³-hybridized carbons (Fsp3) is 0.130. The van der Waals surface area contributed by atoms with Gasteiger partial charge in [0.15, 0.2) is 0 Å². The maximum atomic E-state index is 12.2. The van der Waals surface area contributed by atoms with E-state index in [9.17, 15) is 20.0 Å². The van der Waals surface area contributed by atoms with E-state index < -0.39 is 5.97 Å². The topological polar surface area (TPSA) is 152 Å². The molecule has 0 spiro atoms. The Bertz CT molecular complexity index is 1190. The number of carbonyl (C=O) groups excluding carboxylic acids is 1. The van der Waals surface area contributed by atoms with E-state index in [4.69, 9.17) is 10.8 Å². The third kappa shape index (κ3) is 6.08. The van der Waals surface area contributed by atoms with Gasteiger partial charge in [0.1, 0.15) is 17.5 Å². The van der Waals surface area contributed by atoms with Crippen molar-refractivity contribution in [2.24, 2.45) is 0 Å². The zero-order chi connectivity index (χ0) is 22.4. The minimum Gasteiger partial charge on any atom is -0.872 e. The summed E-state index contributed by atoms with van der Waals surface area (Å²) in [5.74, 6) is -1.48. The van der Waals surface area contributed by atoms with Crippen molar-refractivity contribution in [2.75, 3.05) is 11.1 Å². The Kier molecular flexibility index (Phi) is 8.79. The second kappa shape index (κ2) is 11.3. The predicted molar refractivity (Wildman–Crippen MR) is 114 cm³/mol. The summed E-state index contributed by atoms with van der Waals surface area (Å²) in [5.41, 5.74) is 8.46. The van der Waals surface area contributed by atoms with Crippen LogP contribution in [0.15, 0.2) is 54.6 Å². The fourth-order valence-corrected chi connectivity index (χ4v) is 3.11. The summed E-state index contributed by atoms with van der Waals surface area (Å²) in [6, 6.07) is 16.9. The standard InChI is InChI=1S/C23H20N4O4.Na/c24-13-18-17(12-19(27-23(18)25)16-7-1-2-8-20(16)28)14-5-3-6-15(11-14)26-21(29)9-4-10-22(30)31;/h1-3,5-8,11-12,28H,4,9-10H2,(H2,25,27)(H,26,29)(H,30,31);/q;+1/p-1. The molecule has 0 aliphatic heterocycles. The molecule has 8 nitrogen and oxygen atoms in total. The Labute approximate surface area is 207 Å². The number of aliphatic carboxylic acids is 1. The number of nitriles is 1. The van der Waals surface area contributed by atoms with Gasteiger partial charge in [0, 0.05) is 24.1 Å². The Balaban J connectivity index is 0.00000363. The number of para-hydroxylation sites is 1. The van der Waals surface area contributed by atoms with Crippen LogP contribution in [0.4, 0.5) is 11.5 Å². The number of pyridine rings is 1. The van der Waals surface area contributed by atoms with Crippen LogP contribution in [0.2, 0.25) is 0 Å². The van der Waals surface area contributed by atoms with E-state index in [0.29, 0.717) is 28.1 Å². The molecule has 0 saturated carbocycles. The second-order valence-electron chi connectivity index (χ2n) is 6.80. The number of nitrogen functional groups attached to an aromatic ring is 1. The molecule has 0 radical (unpaired) electrons. The van der Waals surface area contributed by atoms with Crippen molar-refractivity contribution in [1.82, 2.24) is 4.98 Å². The van der Waals surface area contributed by atoms with Crippen molar-refractivity contribution < 1.29 is 49.4 Å². The van der Waals surface area contributed by atoms with Gasteiger partial charge in [-0.05, 0) is 35.7 Å². The van der Waals surface area contributed by atoms with Crippen LogP contribution in [0, 0.1) is 11.3 Å². The molecule has 0 fully saturated rings. The third-order valence-electron chi connectivity index (χ3n) is 4.57. The molecule has 3 aromatic rings. The van der Waals surface area contributed by atoms with E-state index in [2.05, 4.69) is 10.3 Å². The molecule has 156 valence electrons. The first-order valence-electron chi connectivity index (χ1n) is 9.48. The van der Waals surface area contributed by atoms with E-state index in [1.54, 1.807) is 48.5 Å². The number of carboxylic acid groups (broad SMARTS) is 1. The number of amides is 1. The summed E-state index contributed by atoms with van der Waals surface area (Å²) in [6.07, 6.45) is 0.226. The number of nitrogens with one attached hydrogen (secondary N) is 1. The number of benzene rings is 2. The van der Waals surface area contributed by atoms with Gasteiger partial charge in [0.2, 0.25) is 5.91 Å². The number of hydrogen-bond acceptors (Lipinski definition) is 6. The van der Waals surface area contributed by atoms with E-state index in [0.717, 1.165) is 0 Å². The van der Waals surface area contributed by atoms with Gasteiger partial charge in [0.25, 0.3) is 0 Å². The molecule has 4 N–H and O–H groups in total. The van der Waals surface area contributed by atoms with E-state index in [1.165, 1.54) is 6.07 Å². The van der Waals surface area contributed by atoms with Gasteiger partial charge in [0.05, 0.1) is 5.69 Å². The predicted octanol–water partition coefficient (Wildman–Crippen LogP) is 0.140. The average Bonchev–Trinajstić information content (AvgIpc) is 2.73. The number of carbonyl (C=O) groups is 2. The SMILES string of the molecule is N#Cc1c(-c2cccc(NC(=O)CCCC(=O)O)c2)cc(-c2ccccc2[O-])nc1N.[Na+]. The van der Waals surface area contributed by atoms with Gasteiger partial charge < -0.3 is 21.3 Å². The summed E-state index contributed by atoms with van der Waals surface area (Å²) in [7, 11) is 0. The van der Waals surface area contributed by atoms with Crippen molar-refractivity contribution in [3.05, 3.63) is 60.2 Å². The van der Waals surface area contributed by atoms with Crippen molar-refractivity contribution in [3.8, 4) is 34.2 Å². The Morgan fingerprint density at radius 3 is 2.53 bits per heavy atom. The van der Waals surface area contributed by atoms with Crippen molar-refractivity contribution >= 4 is 23.4 Å². The molecule has 0 saturated heterocycles. The monoisotopic (exact) mass is 438 g/mol. The van der Waals surface area contributed by atoms with Crippen LogP contribution in [-0.4, -0.2) is 22.0 Å². The molecule has 1 aromatic heterocycles. The molecule has 9 heteroatoms. The first kappa shape index (κ1) is 24.9. The largest absolute Gasteiger partial charge is 1.00 e. The zero-order valence-electron chi connectivity index (χ0n) is 17.5. The van der Waals surface area contributed by atoms with Gasteiger partial charge in [-0.1, -0.05) is 42.1 Å². The maximum absolute atomic E-state index is 12.2. The molecule has 2 aromatic carbocycles. The molecule has 0 atom stereocenters. The molecule has 1 heterocycles. The molecule has 0 aliphatic carbocycles. The fourth-order valence-electron chi connectivity index (χ4n) is 3.11. The van der Waals surface area contributed by atoms with Gasteiger partial charge >= 0.3 is 35.5 Å². The summed E-state index contributed by atoms with van der Waals surface area (Å²) in [4.78, 5) is 26.9. The first-order chi connectivity index (χ1) is 14.9. The van der Waals surface area contributed by atoms with E-state index in [1.807, 2.05) is 6.07 Å². The summed E-state index contributed by atoms with van der Waals surface area (Å²) in [5, 5.41) is 33.2. The number of nitrogens with zero attached hydrogens (tertiary/aromatic N) is 2. The van der Waals surface area contributed by atoms with Crippen molar-refractivity contribution in [2.45, 2.75) is 19.3 Å². The van der Waals surface area contributed by atoms with Crippen molar-refractivity contribution in [1.29, 1.82) is 5.26 Å². The number of rotatable bonds is 7. The summed E-state index contributed by atoms with van der Waals surface area (Å²) in [6.45, 7) is 0. The third-order valence-corrected chi connectivity index (χ3v) is 4.57. The quantitative estimate of drug-likeness (QED) is 0.444. The number of aromatic nitrogens is 1. The minimum absolute atomic E-state index is 0. The Morgan fingerprint density at radius 2 is 1.84 bits per heavy atom.